The van der Waals surface area contributed by atoms with Crippen LogP contribution >= 0.6 is 0 Å². The molecule has 0 saturated heterocycles. The van der Waals surface area contributed by atoms with Crippen LogP contribution in [0.25, 0.3) is 0 Å². The van der Waals surface area contributed by atoms with E-state index in [2.05, 4.69) is 4.98 Å². The number of aromatic nitrogens is 1. The zero-order chi connectivity index (χ0) is 12.8. The third kappa shape index (κ3) is 3.39. The van der Waals surface area contributed by atoms with Gasteiger partial charge in [-0.3, -0.25) is 10.1 Å². The van der Waals surface area contributed by atoms with Crippen molar-refractivity contribution in [3.63, 3.8) is 0 Å². The van der Waals surface area contributed by atoms with Crippen molar-refractivity contribution >= 4 is 11.5 Å². The summed E-state index contributed by atoms with van der Waals surface area (Å²) in [5.41, 5.74) is 0.417. The summed E-state index contributed by atoms with van der Waals surface area (Å²) in [4.78, 5) is 16.3. The van der Waals surface area contributed by atoms with Crippen molar-refractivity contribution in [2.45, 2.75) is 20.3 Å². The number of pyridine rings is 1. The second-order valence-electron chi connectivity index (χ2n) is 3.74. The second-order valence-corrected chi connectivity index (χ2v) is 3.74. The Balaban J connectivity index is 2.97. The Morgan fingerprint density at radius 2 is 2.18 bits per heavy atom. The Morgan fingerprint density at radius 1 is 1.47 bits per heavy atom. The van der Waals surface area contributed by atoms with Crippen LogP contribution < -0.4 is 4.90 Å². The van der Waals surface area contributed by atoms with Gasteiger partial charge in [0.15, 0.2) is 0 Å². The predicted molar refractivity (Wildman–Crippen MR) is 65.2 cm³/mol. The van der Waals surface area contributed by atoms with Gasteiger partial charge in [-0.05, 0) is 19.4 Å². The first-order valence-corrected chi connectivity index (χ1v) is 5.58. The number of rotatable bonds is 6. The molecular weight excluding hydrogens is 222 g/mol. The number of aliphatic hydroxyl groups excluding tert-OH is 1. The third-order valence-electron chi connectivity index (χ3n) is 2.43. The van der Waals surface area contributed by atoms with Gasteiger partial charge in [0, 0.05) is 19.2 Å². The largest absolute Gasteiger partial charge is 0.395 e. The topological polar surface area (TPSA) is 79.5 Å². The number of hydrogen-bond acceptors (Lipinski definition) is 5. The number of aliphatic hydroxyl groups is 1. The van der Waals surface area contributed by atoms with Crippen LogP contribution in [0.2, 0.25) is 0 Å². The van der Waals surface area contributed by atoms with Crippen LogP contribution in [-0.2, 0) is 0 Å². The van der Waals surface area contributed by atoms with E-state index in [1.165, 1.54) is 6.07 Å². The van der Waals surface area contributed by atoms with Gasteiger partial charge in [0.05, 0.1) is 11.5 Å². The molecule has 0 amide bonds. The smallest absolute Gasteiger partial charge is 0.290 e. The summed E-state index contributed by atoms with van der Waals surface area (Å²) in [6.45, 7) is 4.94. The Hall–Kier alpha value is -1.69. The standard InChI is InChI=1S/C11H17N3O3/c1-3-6-13(7-8-15)11-5-4-10(14(16)17)9(2)12-11/h4-5,15H,3,6-8H2,1-2H3. The fraction of sp³-hybridized carbons (Fsp3) is 0.545. The molecule has 6 nitrogen and oxygen atoms in total. The maximum absolute atomic E-state index is 10.7. The van der Waals surface area contributed by atoms with Gasteiger partial charge in [0.25, 0.3) is 5.69 Å². The molecule has 1 aromatic heterocycles. The molecule has 0 bridgehead atoms. The first-order valence-electron chi connectivity index (χ1n) is 5.58. The van der Waals surface area contributed by atoms with E-state index >= 15 is 0 Å². The zero-order valence-electron chi connectivity index (χ0n) is 10.1. The summed E-state index contributed by atoms with van der Waals surface area (Å²) in [7, 11) is 0. The van der Waals surface area contributed by atoms with E-state index in [1.54, 1.807) is 13.0 Å². The van der Waals surface area contributed by atoms with Crippen LogP contribution in [0.3, 0.4) is 0 Å². The Bertz CT molecular complexity index is 390. The molecule has 0 fully saturated rings. The van der Waals surface area contributed by atoms with Crippen molar-refractivity contribution in [2.75, 3.05) is 24.6 Å². The number of nitrogens with zero attached hydrogens (tertiary/aromatic N) is 3. The molecule has 1 N–H and O–H groups in total. The van der Waals surface area contributed by atoms with E-state index < -0.39 is 4.92 Å². The molecule has 1 rings (SSSR count). The Kier molecular flexibility index (Phi) is 4.84. The second kappa shape index (κ2) is 6.15. The van der Waals surface area contributed by atoms with Gasteiger partial charge in [-0.25, -0.2) is 4.98 Å². The van der Waals surface area contributed by atoms with Gasteiger partial charge < -0.3 is 10.0 Å². The van der Waals surface area contributed by atoms with Gasteiger partial charge in [-0.1, -0.05) is 6.92 Å². The molecule has 0 radical (unpaired) electrons. The van der Waals surface area contributed by atoms with Gasteiger partial charge >= 0.3 is 0 Å². The fourth-order valence-electron chi connectivity index (χ4n) is 1.64. The van der Waals surface area contributed by atoms with E-state index in [9.17, 15) is 10.1 Å². The lowest BCUT2D eigenvalue weighted by atomic mass is 10.3. The van der Waals surface area contributed by atoms with Crippen molar-refractivity contribution in [1.82, 2.24) is 4.98 Å². The van der Waals surface area contributed by atoms with Crippen molar-refractivity contribution in [3.05, 3.63) is 27.9 Å². The summed E-state index contributed by atoms with van der Waals surface area (Å²) >= 11 is 0. The Morgan fingerprint density at radius 3 is 2.65 bits per heavy atom. The molecule has 0 aliphatic heterocycles. The minimum Gasteiger partial charge on any atom is -0.395 e. The molecule has 0 spiro atoms. The van der Waals surface area contributed by atoms with Crippen molar-refractivity contribution in [2.24, 2.45) is 0 Å². The minimum absolute atomic E-state index is 0.0224. The van der Waals surface area contributed by atoms with Crippen LogP contribution in [0.15, 0.2) is 12.1 Å². The zero-order valence-corrected chi connectivity index (χ0v) is 10.1. The van der Waals surface area contributed by atoms with Gasteiger partial charge in [-0.2, -0.15) is 0 Å². The predicted octanol–water partition coefficient (Wildman–Crippen LogP) is 1.51. The highest BCUT2D eigenvalue weighted by atomic mass is 16.6. The normalized spacial score (nSPS) is 10.3. The monoisotopic (exact) mass is 239 g/mol. The molecule has 0 aromatic carbocycles. The van der Waals surface area contributed by atoms with E-state index in [0.29, 0.717) is 18.1 Å². The van der Waals surface area contributed by atoms with Crippen molar-refractivity contribution in [3.8, 4) is 0 Å². The van der Waals surface area contributed by atoms with E-state index in [0.717, 1.165) is 13.0 Å². The molecule has 1 aromatic rings. The molecule has 0 unspecified atom stereocenters. The molecule has 0 aliphatic carbocycles. The maximum atomic E-state index is 10.7. The highest BCUT2D eigenvalue weighted by Crippen LogP contribution is 2.20. The van der Waals surface area contributed by atoms with Crippen molar-refractivity contribution < 1.29 is 10.0 Å². The number of nitro groups is 1. The average Bonchev–Trinajstić information content (AvgIpc) is 2.28. The molecule has 0 saturated carbocycles. The highest BCUT2D eigenvalue weighted by molar-refractivity contribution is 5.46. The van der Waals surface area contributed by atoms with E-state index in [-0.39, 0.29) is 12.3 Å². The molecular formula is C11H17N3O3. The third-order valence-corrected chi connectivity index (χ3v) is 2.43. The lowest BCUT2D eigenvalue weighted by Gasteiger charge is -2.22. The lowest BCUT2D eigenvalue weighted by molar-refractivity contribution is -0.385. The quantitative estimate of drug-likeness (QED) is 0.601. The first-order chi connectivity index (χ1) is 8.10. The maximum Gasteiger partial charge on any atom is 0.290 e. The van der Waals surface area contributed by atoms with Gasteiger partial charge in [0.2, 0.25) is 0 Å². The minimum atomic E-state index is -0.442. The van der Waals surface area contributed by atoms with Crippen molar-refractivity contribution in [1.29, 1.82) is 0 Å². The number of anilines is 1. The van der Waals surface area contributed by atoms with Gasteiger partial charge in [-0.15, -0.1) is 0 Å². The lowest BCUT2D eigenvalue weighted by Crippen LogP contribution is -2.28. The van der Waals surface area contributed by atoms with Crippen LogP contribution in [0.5, 0.6) is 0 Å². The van der Waals surface area contributed by atoms with E-state index in [4.69, 9.17) is 5.11 Å². The van der Waals surface area contributed by atoms with Gasteiger partial charge in [0.1, 0.15) is 11.5 Å². The molecule has 0 aliphatic rings. The summed E-state index contributed by atoms with van der Waals surface area (Å²) in [6, 6.07) is 3.08. The molecule has 17 heavy (non-hydrogen) atoms. The number of hydrogen-bond donors (Lipinski definition) is 1. The fourth-order valence-corrected chi connectivity index (χ4v) is 1.64. The summed E-state index contributed by atoms with van der Waals surface area (Å²) < 4.78 is 0. The van der Waals surface area contributed by atoms with Crippen LogP contribution in [0.4, 0.5) is 11.5 Å². The molecule has 6 heteroatoms. The average molecular weight is 239 g/mol. The SMILES string of the molecule is CCCN(CCO)c1ccc([N+](=O)[O-])c(C)n1. The molecule has 94 valence electrons. The Labute approximate surface area is 100 Å². The van der Waals surface area contributed by atoms with Crippen LogP contribution in [0.1, 0.15) is 19.0 Å². The van der Waals surface area contributed by atoms with Crippen LogP contribution in [0, 0.1) is 17.0 Å². The first kappa shape index (κ1) is 13.4. The number of aryl methyl sites for hydroxylation is 1. The molecule has 0 atom stereocenters. The molecule has 1 heterocycles. The summed E-state index contributed by atoms with van der Waals surface area (Å²) in [5, 5.41) is 19.6. The summed E-state index contributed by atoms with van der Waals surface area (Å²) in [6.07, 6.45) is 0.928. The van der Waals surface area contributed by atoms with Crippen LogP contribution in [-0.4, -0.2) is 34.7 Å². The summed E-state index contributed by atoms with van der Waals surface area (Å²) in [5.74, 6) is 0.670. The van der Waals surface area contributed by atoms with E-state index in [1.807, 2.05) is 11.8 Å². The highest BCUT2D eigenvalue weighted by Gasteiger charge is 2.14.